The van der Waals surface area contributed by atoms with Gasteiger partial charge >= 0.3 is 0 Å². The maximum atomic E-state index is 3.60. The van der Waals surface area contributed by atoms with E-state index in [1.165, 1.54) is 56.3 Å². The van der Waals surface area contributed by atoms with Crippen LogP contribution >= 0.6 is 0 Å². The summed E-state index contributed by atoms with van der Waals surface area (Å²) in [4.78, 5) is 5.42. The van der Waals surface area contributed by atoms with E-state index >= 15 is 0 Å². The summed E-state index contributed by atoms with van der Waals surface area (Å²) >= 11 is 0. The summed E-state index contributed by atoms with van der Waals surface area (Å²) in [6.45, 7) is 5.77. The van der Waals surface area contributed by atoms with E-state index < -0.39 is 0 Å². The predicted octanol–water partition coefficient (Wildman–Crippen LogP) is 3.15. The molecule has 0 saturated carbocycles. The van der Waals surface area contributed by atoms with Crippen molar-refractivity contribution in [3.05, 3.63) is 29.3 Å². The minimum atomic E-state index is 0.738. The molecule has 1 saturated heterocycles. The van der Waals surface area contributed by atoms with Crippen LogP contribution < -0.4 is 15.1 Å². The highest BCUT2D eigenvalue weighted by atomic mass is 15.3. The highest BCUT2D eigenvalue weighted by Gasteiger charge is 2.37. The lowest BCUT2D eigenvalue weighted by atomic mass is 9.94. The molecule has 3 nitrogen and oxygen atoms in total. The van der Waals surface area contributed by atoms with Crippen molar-refractivity contribution >= 4 is 16.9 Å². The second-order valence-corrected chi connectivity index (χ2v) is 7.20. The molecule has 3 aliphatic heterocycles. The molecular weight excluding hydrogens is 270 g/mol. The second kappa shape index (κ2) is 5.02. The molecule has 3 heterocycles. The number of anilines is 2. The first kappa shape index (κ1) is 13.0. The van der Waals surface area contributed by atoms with Gasteiger partial charge in [0.1, 0.15) is 0 Å². The van der Waals surface area contributed by atoms with Crippen molar-refractivity contribution in [1.82, 2.24) is 5.32 Å². The van der Waals surface area contributed by atoms with Crippen molar-refractivity contribution in [1.29, 1.82) is 0 Å². The van der Waals surface area contributed by atoms with Crippen molar-refractivity contribution in [2.45, 2.75) is 44.7 Å². The van der Waals surface area contributed by atoms with Gasteiger partial charge in [-0.1, -0.05) is 18.2 Å². The van der Waals surface area contributed by atoms with Crippen LogP contribution in [0, 0.1) is 0 Å². The maximum absolute atomic E-state index is 3.60. The molecule has 116 valence electrons. The number of nitrogens with zero attached hydrogens (tertiary/aromatic N) is 2. The summed E-state index contributed by atoms with van der Waals surface area (Å²) in [5.74, 6) is 0. The third kappa shape index (κ3) is 1.84. The Kier molecular flexibility index (Phi) is 2.97. The zero-order chi connectivity index (χ0) is 14.5. The van der Waals surface area contributed by atoms with Crippen LogP contribution in [0.15, 0.2) is 18.2 Å². The van der Waals surface area contributed by atoms with E-state index in [2.05, 4.69) is 33.3 Å². The highest BCUT2D eigenvalue weighted by molar-refractivity contribution is 5.90. The molecule has 0 aromatic heterocycles. The van der Waals surface area contributed by atoms with Gasteiger partial charge in [-0.05, 0) is 43.2 Å². The monoisotopic (exact) mass is 295 g/mol. The van der Waals surface area contributed by atoms with E-state index in [1.807, 2.05) is 0 Å². The number of rotatable bonds is 1. The van der Waals surface area contributed by atoms with Crippen molar-refractivity contribution < 1.29 is 0 Å². The van der Waals surface area contributed by atoms with Crippen molar-refractivity contribution in [3.63, 3.8) is 0 Å². The van der Waals surface area contributed by atoms with Gasteiger partial charge in [0, 0.05) is 44.3 Å². The fourth-order valence-corrected chi connectivity index (χ4v) is 4.89. The molecule has 1 aromatic carbocycles. The van der Waals surface area contributed by atoms with Gasteiger partial charge < -0.3 is 15.1 Å². The summed E-state index contributed by atoms with van der Waals surface area (Å²) in [7, 11) is 0. The Morgan fingerprint density at radius 1 is 1.09 bits per heavy atom. The van der Waals surface area contributed by atoms with Gasteiger partial charge in [-0.15, -0.1) is 0 Å². The number of allylic oxidation sites excluding steroid dienone is 2. The molecule has 22 heavy (non-hydrogen) atoms. The Bertz CT molecular complexity index is 634. The Morgan fingerprint density at radius 2 is 2.09 bits per heavy atom. The number of hydrogen-bond donors (Lipinski definition) is 1. The zero-order valence-electron chi connectivity index (χ0n) is 13.3. The van der Waals surface area contributed by atoms with E-state index in [9.17, 15) is 0 Å². The number of nitrogens with one attached hydrogen (secondary N) is 1. The topological polar surface area (TPSA) is 18.5 Å². The third-order valence-electron chi connectivity index (χ3n) is 5.91. The van der Waals surface area contributed by atoms with E-state index in [4.69, 9.17) is 0 Å². The predicted molar refractivity (Wildman–Crippen MR) is 92.6 cm³/mol. The van der Waals surface area contributed by atoms with E-state index in [0.29, 0.717) is 0 Å². The third-order valence-corrected chi connectivity index (χ3v) is 5.91. The Balaban J connectivity index is 1.73. The largest absolute Gasteiger partial charge is 0.366 e. The molecule has 0 radical (unpaired) electrons. The lowest BCUT2D eigenvalue weighted by Gasteiger charge is -2.43. The van der Waals surface area contributed by atoms with Gasteiger partial charge in [-0.25, -0.2) is 0 Å². The molecule has 0 bridgehead atoms. The minimum absolute atomic E-state index is 0.738. The molecule has 0 spiro atoms. The lowest BCUT2D eigenvalue weighted by Crippen LogP contribution is -2.47. The van der Waals surface area contributed by atoms with Gasteiger partial charge in [0.05, 0.1) is 11.4 Å². The molecule has 1 atom stereocenters. The van der Waals surface area contributed by atoms with Crippen LogP contribution in [0.3, 0.4) is 0 Å². The molecule has 1 aliphatic carbocycles. The van der Waals surface area contributed by atoms with Crippen LogP contribution in [0.4, 0.5) is 11.4 Å². The van der Waals surface area contributed by atoms with Crippen LogP contribution in [0.5, 0.6) is 0 Å². The van der Waals surface area contributed by atoms with Gasteiger partial charge in [0.2, 0.25) is 0 Å². The summed E-state index contributed by atoms with van der Waals surface area (Å²) in [6.07, 6.45) is 9.08. The van der Waals surface area contributed by atoms with Crippen molar-refractivity contribution in [2.75, 3.05) is 36.0 Å². The Hall–Kier alpha value is -1.48. The molecular formula is C19H25N3. The summed E-state index contributed by atoms with van der Waals surface area (Å²) in [5, 5.41) is 3.60. The maximum Gasteiger partial charge on any atom is 0.0686 e. The summed E-state index contributed by atoms with van der Waals surface area (Å²) in [6, 6.07) is 5.54. The Morgan fingerprint density at radius 3 is 3.00 bits per heavy atom. The van der Waals surface area contributed by atoms with Crippen LogP contribution in [0.25, 0.3) is 5.57 Å². The first-order chi connectivity index (χ1) is 10.9. The van der Waals surface area contributed by atoms with Gasteiger partial charge in [0.25, 0.3) is 0 Å². The SMILES string of the molecule is C1=C(c2ccc3c4c2N2CCCC2CN4CCNC3)CCC1. The van der Waals surface area contributed by atoms with Crippen molar-refractivity contribution in [3.8, 4) is 0 Å². The van der Waals surface area contributed by atoms with Gasteiger partial charge in [-0.2, -0.15) is 0 Å². The molecule has 1 unspecified atom stereocenters. The summed E-state index contributed by atoms with van der Waals surface area (Å²) in [5.41, 5.74) is 7.76. The van der Waals surface area contributed by atoms with E-state index in [1.54, 1.807) is 16.9 Å². The average Bonchev–Trinajstić information content (AvgIpc) is 3.18. The van der Waals surface area contributed by atoms with Crippen LogP contribution in [-0.4, -0.2) is 32.2 Å². The minimum Gasteiger partial charge on any atom is -0.366 e. The molecule has 1 fully saturated rings. The van der Waals surface area contributed by atoms with Gasteiger partial charge in [-0.3, -0.25) is 0 Å². The molecule has 1 N–H and O–H groups in total. The zero-order valence-corrected chi connectivity index (χ0v) is 13.3. The molecule has 5 rings (SSSR count). The molecule has 0 amide bonds. The van der Waals surface area contributed by atoms with Crippen molar-refractivity contribution in [2.24, 2.45) is 0 Å². The molecule has 4 aliphatic rings. The quantitative estimate of drug-likeness (QED) is 0.858. The average molecular weight is 295 g/mol. The fraction of sp³-hybridized carbons (Fsp3) is 0.579. The van der Waals surface area contributed by atoms with Crippen LogP contribution in [-0.2, 0) is 6.54 Å². The highest BCUT2D eigenvalue weighted by Crippen LogP contribution is 2.47. The standard InChI is InChI=1S/C19H25N3/c1-2-5-14(4-1)17-8-7-15-12-20-9-11-21-13-16-6-3-10-22(16)19(17)18(15)21/h4,7-8,16,20H,1-3,5-6,9-13H2. The molecule has 3 heteroatoms. The van der Waals surface area contributed by atoms with Crippen LogP contribution in [0.2, 0.25) is 0 Å². The first-order valence-electron chi connectivity index (χ1n) is 8.99. The van der Waals surface area contributed by atoms with E-state index in [-0.39, 0.29) is 0 Å². The smallest absolute Gasteiger partial charge is 0.0686 e. The van der Waals surface area contributed by atoms with Crippen LogP contribution in [0.1, 0.15) is 43.2 Å². The second-order valence-electron chi connectivity index (χ2n) is 7.20. The van der Waals surface area contributed by atoms with E-state index in [0.717, 1.165) is 25.7 Å². The fourth-order valence-electron chi connectivity index (χ4n) is 4.89. The summed E-state index contributed by atoms with van der Waals surface area (Å²) < 4.78 is 0. The number of fused-ring (bicyclic) bond motifs is 2. The first-order valence-corrected chi connectivity index (χ1v) is 8.99. The number of hydrogen-bond acceptors (Lipinski definition) is 3. The lowest BCUT2D eigenvalue weighted by molar-refractivity contribution is 0.601. The van der Waals surface area contributed by atoms with Gasteiger partial charge in [0.15, 0.2) is 0 Å². The Labute approximate surface area is 133 Å². The number of benzene rings is 1. The normalized spacial score (nSPS) is 26.5. The molecule has 1 aromatic rings.